The molecule has 7 nitrogen and oxygen atoms in total. The van der Waals surface area contributed by atoms with Crippen LogP contribution in [0.1, 0.15) is 21.7 Å². The van der Waals surface area contributed by atoms with Gasteiger partial charge in [-0.05, 0) is 31.2 Å². The Morgan fingerprint density at radius 3 is 2.55 bits per heavy atom. The lowest BCUT2D eigenvalue weighted by Gasteiger charge is -2.10. The third-order valence-electron chi connectivity index (χ3n) is 4.78. The summed E-state index contributed by atoms with van der Waals surface area (Å²) in [5, 5.41) is 2.87. The second kappa shape index (κ2) is 8.71. The van der Waals surface area contributed by atoms with Crippen LogP contribution >= 0.6 is 0 Å². The summed E-state index contributed by atoms with van der Waals surface area (Å²) in [5.74, 6) is -0.272. The van der Waals surface area contributed by atoms with Crippen LogP contribution in [0, 0.1) is 6.92 Å². The van der Waals surface area contributed by atoms with Crippen LogP contribution in [0.2, 0.25) is 0 Å². The van der Waals surface area contributed by atoms with Gasteiger partial charge in [-0.1, -0.05) is 36.4 Å². The lowest BCUT2D eigenvalue weighted by molar-refractivity contribution is -0.124. The summed E-state index contributed by atoms with van der Waals surface area (Å²) in [6.45, 7) is 1.39. The number of hydrogen-bond acceptors (Lipinski definition) is 6. The Hall–Kier alpha value is -4.13. The fourth-order valence-corrected chi connectivity index (χ4v) is 3.19. The number of fused-ring (bicyclic) bond motifs is 1. The Labute approximate surface area is 177 Å². The maximum absolute atomic E-state index is 12.9. The number of para-hydroxylation sites is 1. The lowest BCUT2D eigenvalue weighted by Crippen LogP contribution is -2.28. The summed E-state index contributed by atoms with van der Waals surface area (Å²) >= 11 is 0. The van der Waals surface area contributed by atoms with Crippen molar-refractivity contribution >= 4 is 22.8 Å². The third kappa shape index (κ3) is 4.25. The highest BCUT2D eigenvalue weighted by molar-refractivity contribution is 6.02. The molecule has 2 aromatic carbocycles. The minimum Gasteiger partial charge on any atom is -0.467 e. The summed E-state index contributed by atoms with van der Waals surface area (Å²) in [4.78, 5) is 37.5. The van der Waals surface area contributed by atoms with E-state index in [0.29, 0.717) is 17.1 Å². The SMILES string of the molecule is Cc1c(-c2ccccc2)oc2c(C(=O)OCC(=O)NCc3ccco3)cccc2c1=O. The smallest absolute Gasteiger partial charge is 0.342 e. The van der Waals surface area contributed by atoms with Crippen LogP contribution in [0.5, 0.6) is 0 Å². The van der Waals surface area contributed by atoms with E-state index in [9.17, 15) is 14.4 Å². The van der Waals surface area contributed by atoms with Gasteiger partial charge in [0.2, 0.25) is 0 Å². The van der Waals surface area contributed by atoms with Gasteiger partial charge < -0.3 is 18.9 Å². The molecule has 0 aliphatic rings. The molecule has 31 heavy (non-hydrogen) atoms. The molecule has 0 bridgehead atoms. The van der Waals surface area contributed by atoms with Crippen LogP contribution in [-0.2, 0) is 16.1 Å². The molecule has 0 aliphatic carbocycles. The number of amides is 1. The van der Waals surface area contributed by atoms with E-state index in [1.54, 1.807) is 31.2 Å². The summed E-state index contributed by atoms with van der Waals surface area (Å²) in [5.41, 5.74) is 1.13. The van der Waals surface area contributed by atoms with Gasteiger partial charge in [0.25, 0.3) is 5.91 Å². The molecule has 0 spiro atoms. The van der Waals surface area contributed by atoms with Crippen molar-refractivity contribution in [2.24, 2.45) is 0 Å². The van der Waals surface area contributed by atoms with E-state index >= 15 is 0 Å². The van der Waals surface area contributed by atoms with Crippen molar-refractivity contribution in [3.63, 3.8) is 0 Å². The van der Waals surface area contributed by atoms with Gasteiger partial charge in [0, 0.05) is 11.1 Å². The predicted molar refractivity (Wildman–Crippen MR) is 113 cm³/mol. The first kappa shape index (κ1) is 20.2. The normalized spacial score (nSPS) is 10.7. The van der Waals surface area contributed by atoms with E-state index in [0.717, 1.165) is 5.56 Å². The van der Waals surface area contributed by atoms with E-state index in [-0.39, 0.29) is 28.5 Å². The lowest BCUT2D eigenvalue weighted by atomic mass is 10.0. The average Bonchev–Trinajstić information content (AvgIpc) is 3.32. The summed E-state index contributed by atoms with van der Waals surface area (Å²) < 4.78 is 16.3. The highest BCUT2D eigenvalue weighted by atomic mass is 16.5. The van der Waals surface area contributed by atoms with Gasteiger partial charge >= 0.3 is 5.97 Å². The Balaban J connectivity index is 1.58. The quantitative estimate of drug-likeness (QED) is 0.479. The van der Waals surface area contributed by atoms with E-state index in [1.807, 2.05) is 30.3 Å². The zero-order valence-electron chi connectivity index (χ0n) is 16.7. The number of carbonyl (C=O) groups is 2. The highest BCUT2D eigenvalue weighted by Gasteiger charge is 2.20. The second-order valence-corrected chi connectivity index (χ2v) is 6.87. The Bertz CT molecular complexity index is 1290. The minimum atomic E-state index is -0.759. The van der Waals surface area contributed by atoms with Crippen molar-refractivity contribution in [2.75, 3.05) is 6.61 Å². The number of nitrogens with one attached hydrogen (secondary N) is 1. The van der Waals surface area contributed by atoms with Crippen LogP contribution < -0.4 is 10.7 Å². The molecular formula is C24H19NO6. The zero-order valence-corrected chi connectivity index (χ0v) is 16.7. The largest absolute Gasteiger partial charge is 0.467 e. The molecule has 0 saturated carbocycles. The molecule has 1 N–H and O–H groups in total. The summed E-state index contributed by atoms with van der Waals surface area (Å²) in [6, 6.07) is 17.3. The monoisotopic (exact) mass is 417 g/mol. The standard InChI is InChI=1S/C24H19NO6/c1-15-21(27)18-10-5-11-19(23(18)31-22(15)16-7-3-2-4-8-16)24(28)30-14-20(26)25-13-17-9-6-12-29-17/h2-12H,13-14H2,1H3,(H,25,26). The summed E-state index contributed by atoms with van der Waals surface area (Å²) in [6.07, 6.45) is 1.50. The first-order chi connectivity index (χ1) is 15.0. The van der Waals surface area contributed by atoms with Gasteiger partial charge in [-0.2, -0.15) is 0 Å². The third-order valence-corrected chi connectivity index (χ3v) is 4.78. The van der Waals surface area contributed by atoms with Crippen molar-refractivity contribution < 1.29 is 23.2 Å². The van der Waals surface area contributed by atoms with Gasteiger partial charge in [0.15, 0.2) is 17.6 Å². The van der Waals surface area contributed by atoms with Crippen LogP contribution in [0.4, 0.5) is 0 Å². The molecule has 0 aliphatic heterocycles. The number of furan rings is 1. The Kier molecular flexibility index (Phi) is 5.66. The average molecular weight is 417 g/mol. The van der Waals surface area contributed by atoms with Crippen LogP contribution in [0.25, 0.3) is 22.3 Å². The topological polar surface area (TPSA) is 98.8 Å². The molecule has 0 saturated heterocycles. The van der Waals surface area contributed by atoms with Gasteiger partial charge in [0.1, 0.15) is 17.1 Å². The van der Waals surface area contributed by atoms with E-state index < -0.39 is 18.5 Å². The van der Waals surface area contributed by atoms with Crippen LogP contribution in [0.3, 0.4) is 0 Å². The highest BCUT2D eigenvalue weighted by Crippen LogP contribution is 2.27. The number of esters is 1. The van der Waals surface area contributed by atoms with Gasteiger partial charge in [-0.3, -0.25) is 9.59 Å². The molecule has 156 valence electrons. The minimum absolute atomic E-state index is 0.0746. The molecule has 4 rings (SSSR count). The molecule has 0 unspecified atom stereocenters. The number of benzene rings is 2. The van der Waals surface area contributed by atoms with E-state index in [4.69, 9.17) is 13.6 Å². The maximum atomic E-state index is 12.9. The molecule has 4 aromatic rings. The van der Waals surface area contributed by atoms with Crippen molar-refractivity contribution in [3.8, 4) is 11.3 Å². The molecule has 2 heterocycles. The van der Waals surface area contributed by atoms with E-state index in [2.05, 4.69) is 5.32 Å². The van der Waals surface area contributed by atoms with Crippen molar-refractivity contribution in [1.82, 2.24) is 5.32 Å². The van der Waals surface area contributed by atoms with Crippen molar-refractivity contribution in [2.45, 2.75) is 13.5 Å². The molecular weight excluding hydrogens is 398 g/mol. The fraction of sp³-hybridized carbons (Fsp3) is 0.125. The first-order valence-electron chi connectivity index (χ1n) is 9.62. The van der Waals surface area contributed by atoms with Gasteiger partial charge in [-0.25, -0.2) is 4.79 Å². The van der Waals surface area contributed by atoms with E-state index in [1.165, 1.54) is 12.3 Å². The molecule has 0 radical (unpaired) electrons. The fourth-order valence-electron chi connectivity index (χ4n) is 3.19. The number of rotatable bonds is 6. The molecule has 2 aromatic heterocycles. The Morgan fingerprint density at radius 2 is 1.81 bits per heavy atom. The van der Waals surface area contributed by atoms with Gasteiger partial charge in [0.05, 0.1) is 18.2 Å². The molecule has 0 fully saturated rings. The maximum Gasteiger partial charge on any atom is 0.342 e. The summed E-state index contributed by atoms with van der Waals surface area (Å²) in [7, 11) is 0. The number of hydrogen-bond donors (Lipinski definition) is 1. The Morgan fingerprint density at radius 1 is 1.00 bits per heavy atom. The second-order valence-electron chi connectivity index (χ2n) is 6.87. The number of ether oxygens (including phenoxy) is 1. The molecule has 0 atom stereocenters. The van der Waals surface area contributed by atoms with Crippen molar-refractivity contribution in [3.05, 3.63) is 94.0 Å². The van der Waals surface area contributed by atoms with Gasteiger partial charge in [-0.15, -0.1) is 0 Å². The molecule has 7 heteroatoms. The number of carbonyl (C=O) groups excluding carboxylic acids is 2. The van der Waals surface area contributed by atoms with Crippen LogP contribution in [0.15, 0.2) is 80.6 Å². The van der Waals surface area contributed by atoms with Crippen molar-refractivity contribution in [1.29, 1.82) is 0 Å². The first-order valence-corrected chi connectivity index (χ1v) is 9.62. The molecule has 1 amide bonds. The van der Waals surface area contributed by atoms with Crippen LogP contribution in [-0.4, -0.2) is 18.5 Å². The predicted octanol–water partition coefficient (Wildman–Crippen LogP) is 3.83. The zero-order chi connectivity index (χ0) is 21.8.